The number of rotatable bonds is 6. The van der Waals surface area contributed by atoms with Gasteiger partial charge in [0.2, 0.25) is 0 Å². The highest BCUT2D eigenvalue weighted by molar-refractivity contribution is 9.10. The Hall–Kier alpha value is -3.07. The van der Waals surface area contributed by atoms with Crippen molar-refractivity contribution in [3.05, 3.63) is 58.2 Å². The molecule has 1 heterocycles. The molecule has 3 rings (SSSR count). The van der Waals surface area contributed by atoms with Gasteiger partial charge in [-0.3, -0.25) is 4.79 Å². The predicted octanol–water partition coefficient (Wildman–Crippen LogP) is 2.94. The molecule has 0 radical (unpaired) electrons. The largest absolute Gasteiger partial charge is 0.493 e. The molecule has 3 N–H and O–H groups in total. The third-order valence-corrected chi connectivity index (χ3v) is 4.34. The summed E-state index contributed by atoms with van der Waals surface area (Å²) < 4.78 is 12.8. The first-order valence-corrected chi connectivity index (χ1v) is 8.78. The van der Waals surface area contributed by atoms with Crippen molar-refractivity contribution in [2.45, 2.75) is 6.54 Å². The lowest BCUT2D eigenvalue weighted by Gasteiger charge is -2.10. The Morgan fingerprint density at radius 1 is 1.19 bits per heavy atom. The molecule has 2 aromatic carbocycles. The van der Waals surface area contributed by atoms with E-state index in [0.717, 1.165) is 10.0 Å². The second kappa shape index (κ2) is 8.09. The summed E-state index contributed by atoms with van der Waals surface area (Å²) in [6, 6.07) is 12.8. The van der Waals surface area contributed by atoms with Crippen LogP contribution in [0.3, 0.4) is 0 Å². The number of amides is 1. The zero-order valence-electron chi connectivity index (χ0n) is 14.8. The number of nitrogens with zero attached hydrogens (tertiary/aromatic N) is 3. The Morgan fingerprint density at radius 2 is 1.96 bits per heavy atom. The molecule has 0 aliphatic carbocycles. The first kappa shape index (κ1) is 18.7. The topological polar surface area (TPSA) is 104 Å². The maximum atomic E-state index is 12.5. The number of hydrogen-bond donors (Lipinski definition) is 2. The summed E-state index contributed by atoms with van der Waals surface area (Å²) in [5.41, 5.74) is 7.63. The van der Waals surface area contributed by atoms with E-state index < -0.39 is 5.91 Å². The van der Waals surface area contributed by atoms with Crippen molar-refractivity contribution in [2.24, 2.45) is 0 Å². The first-order chi connectivity index (χ1) is 13.0. The number of nitrogens with one attached hydrogen (secondary N) is 1. The normalized spacial score (nSPS) is 10.5. The van der Waals surface area contributed by atoms with Crippen LogP contribution in [0.25, 0.3) is 0 Å². The Labute approximate surface area is 164 Å². The average Bonchev–Trinajstić information content (AvgIpc) is 3.02. The zero-order chi connectivity index (χ0) is 19.4. The van der Waals surface area contributed by atoms with Gasteiger partial charge in [-0.05, 0) is 29.8 Å². The molecule has 1 aromatic heterocycles. The summed E-state index contributed by atoms with van der Waals surface area (Å²) in [6.07, 6.45) is 0. The van der Waals surface area contributed by atoms with Crippen molar-refractivity contribution >= 4 is 33.3 Å². The maximum Gasteiger partial charge on any atom is 0.280 e. The standard InChI is InChI=1S/C18H18BrN5O3/c1-26-14-7-6-13(9-15(14)27-2)21-18(25)16-17(20)24(23-22-16)10-11-4-3-5-12(19)8-11/h3-9H,10,20H2,1-2H3,(H,21,25). The monoisotopic (exact) mass is 431 g/mol. The fourth-order valence-corrected chi connectivity index (χ4v) is 2.96. The van der Waals surface area contributed by atoms with Crippen LogP contribution in [0.2, 0.25) is 0 Å². The van der Waals surface area contributed by atoms with Crippen molar-refractivity contribution in [3.63, 3.8) is 0 Å². The second-order valence-electron chi connectivity index (χ2n) is 5.63. The third-order valence-electron chi connectivity index (χ3n) is 3.85. The van der Waals surface area contributed by atoms with Gasteiger partial charge in [-0.1, -0.05) is 33.3 Å². The molecule has 0 bridgehead atoms. The molecule has 0 saturated heterocycles. The van der Waals surface area contributed by atoms with Crippen molar-refractivity contribution in [3.8, 4) is 11.5 Å². The molecule has 0 unspecified atom stereocenters. The third kappa shape index (κ3) is 4.20. The van der Waals surface area contributed by atoms with E-state index in [1.54, 1.807) is 25.3 Å². The lowest BCUT2D eigenvalue weighted by atomic mass is 10.2. The summed E-state index contributed by atoms with van der Waals surface area (Å²) in [7, 11) is 3.06. The van der Waals surface area contributed by atoms with Gasteiger partial charge in [-0.15, -0.1) is 5.10 Å². The number of nitrogen functional groups attached to an aromatic ring is 1. The quantitative estimate of drug-likeness (QED) is 0.621. The van der Waals surface area contributed by atoms with Crippen molar-refractivity contribution < 1.29 is 14.3 Å². The van der Waals surface area contributed by atoms with Crippen molar-refractivity contribution in [2.75, 3.05) is 25.3 Å². The number of benzene rings is 2. The van der Waals surface area contributed by atoms with Crippen LogP contribution in [0.15, 0.2) is 46.9 Å². The number of hydrogen-bond acceptors (Lipinski definition) is 6. The molecule has 140 valence electrons. The number of anilines is 2. The number of methoxy groups -OCH3 is 2. The van der Waals surface area contributed by atoms with Gasteiger partial charge in [0, 0.05) is 16.2 Å². The lowest BCUT2D eigenvalue weighted by Crippen LogP contribution is -2.15. The fraction of sp³-hybridized carbons (Fsp3) is 0.167. The Bertz CT molecular complexity index is 973. The van der Waals surface area contributed by atoms with Crippen LogP contribution in [0, 0.1) is 0 Å². The number of nitrogens with two attached hydrogens (primary N) is 1. The molecule has 27 heavy (non-hydrogen) atoms. The van der Waals surface area contributed by atoms with Gasteiger partial charge in [0.25, 0.3) is 5.91 Å². The van der Waals surface area contributed by atoms with E-state index in [0.29, 0.717) is 23.7 Å². The molecular weight excluding hydrogens is 414 g/mol. The summed E-state index contributed by atoms with van der Waals surface area (Å²) in [5, 5.41) is 10.6. The van der Waals surface area contributed by atoms with E-state index in [1.807, 2.05) is 24.3 Å². The fourth-order valence-electron chi connectivity index (χ4n) is 2.51. The summed E-state index contributed by atoms with van der Waals surface area (Å²) >= 11 is 3.42. The van der Waals surface area contributed by atoms with Gasteiger partial charge >= 0.3 is 0 Å². The van der Waals surface area contributed by atoms with Gasteiger partial charge in [0.15, 0.2) is 23.0 Å². The van der Waals surface area contributed by atoms with E-state index in [1.165, 1.54) is 11.8 Å². The van der Waals surface area contributed by atoms with Gasteiger partial charge in [-0.25, -0.2) is 4.68 Å². The van der Waals surface area contributed by atoms with E-state index in [9.17, 15) is 4.79 Å². The second-order valence-corrected chi connectivity index (χ2v) is 6.55. The van der Waals surface area contributed by atoms with Crippen LogP contribution in [0.5, 0.6) is 11.5 Å². The number of halogens is 1. The number of carbonyl (C=O) groups excluding carboxylic acids is 1. The number of carbonyl (C=O) groups is 1. The lowest BCUT2D eigenvalue weighted by molar-refractivity contribution is 0.102. The van der Waals surface area contributed by atoms with Crippen LogP contribution >= 0.6 is 15.9 Å². The highest BCUT2D eigenvalue weighted by Crippen LogP contribution is 2.30. The van der Waals surface area contributed by atoms with Gasteiger partial charge in [0.05, 0.1) is 20.8 Å². The van der Waals surface area contributed by atoms with Crippen molar-refractivity contribution in [1.29, 1.82) is 0 Å². The minimum atomic E-state index is -0.458. The molecule has 1 amide bonds. The summed E-state index contributed by atoms with van der Waals surface area (Å²) in [5.74, 6) is 0.796. The highest BCUT2D eigenvalue weighted by atomic mass is 79.9. The van der Waals surface area contributed by atoms with E-state index >= 15 is 0 Å². The molecule has 0 aliphatic heterocycles. The highest BCUT2D eigenvalue weighted by Gasteiger charge is 2.18. The molecule has 0 aliphatic rings. The smallest absolute Gasteiger partial charge is 0.280 e. The summed E-state index contributed by atoms with van der Waals surface area (Å²) in [4.78, 5) is 12.5. The van der Waals surface area contributed by atoms with Crippen LogP contribution in [0.4, 0.5) is 11.5 Å². The SMILES string of the molecule is COc1ccc(NC(=O)c2nnn(Cc3cccc(Br)c3)c2N)cc1OC. The van der Waals surface area contributed by atoms with Crippen molar-refractivity contribution in [1.82, 2.24) is 15.0 Å². The van der Waals surface area contributed by atoms with Crippen LogP contribution in [-0.2, 0) is 6.54 Å². The van der Waals surface area contributed by atoms with Gasteiger partial charge in [0.1, 0.15) is 0 Å². The van der Waals surface area contributed by atoms with Gasteiger partial charge < -0.3 is 20.5 Å². The Morgan fingerprint density at radius 3 is 2.67 bits per heavy atom. The minimum Gasteiger partial charge on any atom is -0.493 e. The first-order valence-electron chi connectivity index (χ1n) is 7.98. The van der Waals surface area contributed by atoms with Crippen LogP contribution in [-0.4, -0.2) is 35.1 Å². The molecule has 0 spiro atoms. The molecule has 3 aromatic rings. The molecule has 0 saturated carbocycles. The molecule has 0 atom stereocenters. The maximum absolute atomic E-state index is 12.5. The molecule has 9 heteroatoms. The minimum absolute atomic E-state index is 0.0554. The summed E-state index contributed by atoms with van der Waals surface area (Å²) in [6.45, 7) is 0.405. The van der Waals surface area contributed by atoms with Gasteiger partial charge in [-0.2, -0.15) is 0 Å². The van der Waals surface area contributed by atoms with E-state index in [-0.39, 0.29) is 11.5 Å². The molecule has 8 nitrogen and oxygen atoms in total. The zero-order valence-corrected chi connectivity index (χ0v) is 16.4. The predicted molar refractivity (Wildman–Crippen MR) is 105 cm³/mol. The van der Waals surface area contributed by atoms with Crippen LogP contribution in [0.1, 0.15) is 16.1 Å². The average molecular weight is 432 g/mol. The van der Waals surface area contributed by atoms with Crippen LogP contribution < -0.4 is 20.5 Å². The number of aromatic nitrogens is 3. The van der Waals surface area contributed by atoms with E-state index in [4.69, 9.17) is 15.2 Å². The molecular formula is C18H18BrN5O3. The molecule has 0 fully saturated rings. The number of ether oxygens (including phenoxy) is 2. The Balaban J connectivity index is 1.77. The Kier molecular flexibility index (Phi) is 5.60. The van der Waals surface area contributed by atoms with E-state index in [2.05, 4.69) is 31.6 Å².